The standard InChI is InChI=1S/C15H19ClN2O3/c1-10-6-7-18(13(10)9-19)14(20)8-17-15(21)11-4-2-3-5-12(11)16/h2-5,10,13,19H,6-9H2,1H3,(H,17,21). The molecule has 0 aromatic heterocycles. The fourth-order valence-corrected chi connectivity index (χ4v) is 2.82. The van der Waals surface area contributed by atoms with Crippen LogP contribution in [0.15, 0.2) is 24.3 Å². The van der Waals surface area contributed by atoms with E-state index in [1.165, 1.54) is 0 Å². The number of hydrogen-bond donors (Lipinski definition) is 2. The van der Waals surface area contributed by atoms with Crippen LogP contribution in [-0.2, 0) is 4.79 Å². The van der Waals surface area contributed by atoms with Gasteiger partial charge in [-0.25, -0.2) is 0 Å². The molecule has 1 heterocycles. The van der Waals surface area contributed by atoms with Gasteiger partial charge >= 0.3 is 0 Å². The monoisotopic (exact) mass is 310 g/mol. The lowest BCUT2D eigenvalue weighted by atomic mass is 10.0. The van der Waals surface area contributed by atoms with Gasteiger partial charge in [0, 0.05) is 6.54 Å². The van der Waals surface area contributed by atoms with E-state index >= 15 is 0 Å². The molecule has 1 saturated heterocycles. The average molecular weight is 311 g/mol. The minimum atomic E-state index is -0.373. The molecule has 1 aliphatic rings. The number of amides is 2. The molecule has 2 N–H and O–H groups in total. The van der Waals surface area contributed by atoms with E-state index < -0.39 is 0 Å². The van der Waals surface area contributed by atoms with Crippen molar-refractivity contribution in [2.24, 2.45) is 5.92 Å². The quantitative estimate of drug-likeness (QED) is 0.880. The third-order valence-electron chi connectivity index (χ3n) is 3.91. The van der Waals surface area contributed by atoms with Crippen LogP contribution in [0.2, 0.25) is 5.02 Å². The fraction of sp³-hybridized carbons (Fsp3) is 0.467. The molecule has 0 radical (unpaired) electrons. The van der Waals surface area contributed by atoms with Crippen LogP contribution in [0.5, 0.6) is 0 Å². The first-order valence-corrected chi connectivity index (χ1v) is 7.35. The summed E-state index contributed by atoms with van der Waals surface area (Å²) in [5, 5.41) is 12.3. The van der Waals surface area contributed by atoms with Crippen molar-refractivity contribution in [1.29, 1.82) is 0 Å². The van der Waals surface area contributed by atoms with Gasteiger partial charge in [0.2, 0.25) is 5.91 Å². The molecule has 1 aromatic carbocycles. The van der Waals surface area contributed by atoms with E-state index in [1.54, 1.807) is 29.2 Å². The van der Waals surface area contributed by atoms with E-state index in [1.807, 2.05) is 6.92 Å². The molecule has 2 atom stereocenters. The summed E-state index contributed by atoms with van der Waals surface area (Å²) in [5.41, 5.74) is 0.348. The van der Waals surface area contributed by atoms with Crippen LogP contribution in [0, 0.1) is 5.92 Å². The SMILES string of the molecule is CC1CCN(C(=O)CNC(=O)c2ccccc2Cl)C1CO. The maximum absolute atomic E-state index is 12.1. The highest BCUT2D eigenvalue weighted by atomic mass is 35.5. The van der Waals surface area contributed by atoms with Crippen molar-refractivity contribution in [3.8, 4) is 0 Å². The molecule has 114 valence electrons. The summed E-state index contributed by atoms with van der Waals surface area (Å²) in [6.07, 6.45) is 0.870. The van der Waals surface area contributed by atoms with Crippen molar-refractivity contribution in [2.45, 2.75) is 19.4 Å². The van der Waals surface area contributed by atoms with Gasteiger partial charge in [-0.2, -0.15) is 0 Å². The number of carbonyl (C=O) groups excluding carboxylic acids is 2. The summed E-state index contributed by atoms with van der Waals surface area (Å²) in [6, 6.07) is 6.53. The van der Waals surface area contributed by atoms with Crippen molar-refractivity contribution in [3.05, 3.63) is 34.9 Å². The van der Waals surface area contributed by atoms with Gasteiger partial charge in [0.1, 0.15) is 0 Å². The number of halogens is 1. The molecule has 1 fully saturated rings. The topological polar surface area (TPSA) is 69.6 Å². The first-order chi connectivity index (χ1) is 10.0. The average Bonchev–Trinajstić information content (AvgIpc) is 2.85. The number of nitrogens with one attached hydrogen (secondary N) is 1. The minimum absolute atomic E-state index is 0.0502. The van der Waals surface area contributed by atoms with Gasteiger partial charge in [0.15, 0.2) is 0 Å². The van der Waals surface area contributed by atoms with Crippen molar-refractivity contribution in [1.82, 2.24) is 10.2 Å². The van der Waals surface area contributed by atoms with Crippen LogP contribution < -0.4 is 5.32 Å². The first kappa shape index (κ1) is 15.8. The predicted molar refractivity (Wildman–Crippen MR) is 80.2 cm³/mol. The summed E-state index contributed by atoms with van der Waals surface area (Å²) < 4.78 is 0. The number of aliphatic hydroxyl groups is 1. The highest BCUT2D eigenvalue weighted by Gasteiger charge is 2.33. The first-order valence-electron chi connectivity index (χ1n) is 6.97. The lowest BCUT2D eigenvalue weighted by Crippen LogP contribution is -2.45. The molecule has 2 rings (SSSR count). The lowest BCUT2D eigenvalue weighted by molar-refractivity contribution is -0.132. The number of likely N-dealkylation sites (tertiary alicyclic amines) is 1. The molecular weight excluding hydrogens is 292 g/mol. The third kappa shape index (κ3) is 3.54. The third-order valence-corrected chi connectivity index (χ3v) is 4.24. The van der Waals surface area contributed by atoms with E-state index in [2.05, 4.69) is 5.32 Å². The van der Waals surface area contributed by atoms with Gasteiger partial charge in [-0.3, -0.25) is 9.59 Å². The predicted octanol–water partition coefficient (Wildman–Crippen LogP) is 1.30. The Morgan fingerprint density at radius 1 is 1.43 bits per heavy atom. The van der Waals surface area contributed by atoms with Crippen LogP contribution in [0.3, 0.4) is 0 Å². The van der Waals surface area contributed by atoms with Crippen LogP contribution in [-0.4, -0.2) is 47.6 Å². The maximum atomic E-state index is 12.1. The second kappa shape index (κ2) is 6.91. The lowest BCUT2D eigenvalue weighted by Gasteiger charge is -2.25. The molecule has 0 bridgehead atoms. The normalized spacial score (nSPS) is 21.4. The number of hydrogen-bond acceptors (Lipinski definition) is 3. The number of rotatable bonds is 4. The Morgan fingerprint density at radius 2 is 2.14 bits per heavy atom. The Kier molecular flexibility index (Phi) is 5.20. The van der Waals surface area contributed by atoms with E-state index in [4.69, 9.17) is 11.6 Å². The molecule has 2 amide bonds. The minimum Gasteiger partial charge on any atom is -0.394 e. The number of aliphatic hydroxyl groups excluding tert-OH is 1. The molecule has 5 nitrogen and oxygen atoms in total. The van der Waals surface area contributed by atoms with Gasteiger partial charge in [0.05, 0.1) is 29.8 Å². The van der Waals surface area contributed by atoms with Crippen molar-refractivity contribution in [2.75, 3.05) is 19.7 Å². The molecule has 2 unspecified atom stereocenters. The van der Waals surface area contributed by atoms with E-state index in [0.29, 0.717) is 17.1 Å². The molecule has 0 spiro atoms. The van der Waals surface area contributed by atoms with Crippen molar-refractivity contribution >= 4 is 23.4 Å². The molecule has 0 saturated carbocycles. The van der Waals surface area contributed by atoms with Crippen LogP contribution >= 0.6 is 11.6 Å². The van der Waals surface area contributed by atoms with Gasteiger partial charge in [0.25, 0.3) is 5.91 Å². The van der Waals surface area contributed by atoms with Crippen molar-refractivity contribution < 1.29 is 14.7 Å². The maximum Gasteiger partial charge on any atom is 0.253 e. The van der Waals surface area contributed by atoms with Gasteiger partial charge in [-0.05, 0) is 24.5 Å². The Labute approximate surface area is 128 Å². The molecular formula is C15H19ClN2O3. The van der Waals surface area contributed by atoms with Crippen LogP contribution in [0.1, 0.15) is 23.7 Å². The Balaban J connectivity index is 1.93. The van der Waals surface area contributed by atoms with Gasteiger partial charge in [-0.1, -0.05) is 30.7 Å². The zero-order valence-electron chi connectivity index (χ0n) is 11.9. The molecule has 6 heteroatoms. The molecule has 0 aliphatic carbocycles. The summed E-state index contributed by atoms with van der Waals surface area (Å²) >= 11 is 5.94. The Morgan fingerprint density at radius 3 is 2.81 bits per heavy atom. The van der Waals surface area contributed by atoms with E-state index in [0.717, 1.165) is 6.42 Å². The molecule has 21 heavy (non-hydrogen) atoms. The molecule has 1 aliphatic heterocycles. The second-order valence-electron chi connectivity index (χ2n) is 5.27. The summed E-state index contributed by atoms with van der Waals surface area (Å²) in [5.74, 6) is -0.279. The number of carbonyl (C=O) groups is 2. The highest BCUT2D eigenvalue weighted by Crippen LogP contribution is 2.23. The van der Waals surface area contributed by atoms with Gasteiger partial charge < -0.3 is 15.3 Å². The number of nitrogens with zero attached hydrogens (tertiary/aromatic N) is 1. The Bertz CT molecular complexity index is 535. The van der Waals surface area contributed by atoms with E-state index in [9.17, 15) is 14.7 Å². The molecule has 1 aromatic rings. The van der Waals surface area contributed by atoms with E-state index in [-0.39, 0.29) is 36.9 Å². The van der Waals surface area contributed by atoms with Gasteiger partial charge in [-0.15, -0.1) is 0 Å². The highest BCUT2D eigenvalue weighted by molar-refractivity contribution is 6.33. The number of benzene rings is 1. The Hall–Kier alpha value is -1.59. The summed E-state index contributed by atoms with van der Waals surface area (Å²) in [6.45, 7) is 2.49. The summed E-state index contributed by atoms with van der Waals surface area (Å²) in [4.78, 5) is 25.8. The largest absolute Gasteiger partial charge is 0.394 e. The zero-order valence-corrected chi connectivity index (χ0v) is 12.6. The zero-order chi connectivity index (χ0) is 15.4. The smallest absolute Gasteiger partial charge is 0.253 e. The van der Waals surface area contributed by atoms with Crippen LogP contribution in [0.4, 0.5) is 0 Å². The van der Waals surface area contributed by atoms with Crippen LogP contribution in [0.25, 0.3) is 0 Å². The summed E-state index contributed by atoms with van der Waals surface area (Å²) in [7, 11) is 0. The second-order valence-corrected chi connectivity index (χ2v) is 5.67. The fourth-order valence-electron chi connectivity index (χ4n) is 2.59. The van der Waals surface area contributed by atoms with Crippen molar-refractivity contribution in [3.63, 3.8) is 0 Å².